The Bertz CT molecular complexity index is 973. The van der Waals surface area contributed by atoms with Crippen molar-refractivity contribution >= 4 is 27.4 Å². The van der Waals surface area contributed by atoms with Gasteiger partial charge >= 0.3 is 11.9 Å². The average molecular weight is 379 g/mol. The first kappa shape index (κ1) is 19.3. The van der Waals surface area contributed by atoms with Gasteiger partial charge in [-0.2, -0.15) is 0 Å². The van der Waals surface area contributed by atoms with E-state index in [4.69, 9.17) is 9.84 Å². The van der Waals surface area contributed by atoms with Gasteiger partial charge in [-0.25, -0.2) is 13.2 Å². The monoisotopic (exact) mass is 379 g/mol. The topological polar surface area (TPSA) is 130 Å². The Kier molecular flexibility index (Phi) is 5.22. The van der Waals surface area contributed by atoms with E-state index in [1.165, 1.54) is 30.3 Å². The number of rotatable bonds is 4. The van der Waals surface area contributed by atoms with E-state index >= 15 is 0 Å². The maximum absolute atomic E-state index is 11.7. The van der Waals surface area contributed by atoms with Gasteiger partial charge in [0, 0.05) is 18.0 Å². The summed E-state index contributed by atoms with van der Waals surface area (Å²) in [5.41, 5.74) is 1.49. The predicted molar refractivity (Wildman–Crippen MR) is 93.5 cm³/mol. The van der Waals surface area contributed by atoms with Crippen LogP contribution in [0.25, 0.3) is 0 Å². The number of carboxylic acid groups (broad SMARTS) is 1. The van der Waals surface area contributed by atoms with Crippen LogP contribution in [0.3, 0.4) is 0 Å². The van der Waals surface area contributed by atoms with Gasteiger partial charge in [0.25, 0.3) is 0 Å². The van der Waals surface area contributed by atoms with Crippen LogP contribution in [-0.4, -0.2) is 36.8 Å². The number of amides is 1. The zero-order chi connectivity index (χ0) is 19.6. The van der Waals surface area contributed by atoms with E-state index in [1.807, 2.05) is 0 Å². The van der Waals surface area contributed by atoms with Crippen LogP contribution in [0.1, 0.15) is 11.1 Å². The standard InChI is InChI=1S/C17H17NO7S/c1-9-6-11(18-16(20)17(21)22)7-10(2)15(9)25-12-4-5-13(19)14(8-12)26(3,23)24/h4-8,19H,1-3H3,(H,18,20)(H,21,22). The van der Waals surface area contributed by atoms with Gasteiger partial charge < -0.3 is 20.3 Å². The molecule has 0 aromatic heterocycles. The molecule has 0 atom stereocenters. The molecule has 0 aliphatic rings. The first-order valence-electron chi connectivity index (χ1n) is 7.35. The fourth-order valence-electron chi connectivity index (χ4n) is 2.34. The number of carbonyl (C=O) groups is 2. The van der Waals surface area contributed by atoms with Crippen LogP contribution in [0.2, 0.25) is 0 Å². The van der Waals surface area contributed by atoms with Gasteiger partial charge in [0.1, 0.15) is 22.1 Å². The number of carboxylic acids is 1. The van der Waals surface area contributed by atoms with E-state index in [9.17, 15) is 23.1 Å². The molecule has 3 N–H and O–H groups in total. The summed E-state index contributed by atoms with van der Waals surface area (Å²) in [7, 11) is -3.63. The Hall–Kier alpha value is -3.07. The average Bonchev–Trinajstić information content (AvgIpc) is 2.51. The number of sulfone groups is 1. The number of carbonyl (C=O) groups excluding carboxylic acids is 1. The highest BCUT2D eigenvalue weighted by molar-refractivity contribution is 7.90. The predicted octanol–water partition coefficient (Wildman–Crippen LogP) is 2.23. The number of phenolic OH excluding ortho intramolecular Hbond substituents is 1. The van der Waals surface area contributed by atoms with E-state index in [1.54, 1.807) is 13.8 Å². The number of aromatic hydroxyl groups is 1. The van der Waals surface area contributed by atoms with Crippen LogP contribution in [-0.2, 0) is 19.4 Å². The Morgan fingerprint density at radius 1 is 1.08 bits per heavy atom. The zero-order valence-corrected chi connectivity index (χ0v) is 15.0. The highest BCUT2D eigenvalue weighted by atomic mass is 32.2. The van der Waals surface area contributed by atoms with Crippen molar-refractivity contribution < 1.29 is 33.0 Å². The van der Waals surface area contributed by atoms with Crippen molar-refractivity contribution in [1.82, 2.24) is 0 Å². The summed E-state index contributed by atoms with van der Waals surface area (Å²) < 4.78 is 29.1. The van der Waals surface area contributed by atoms with Crippen molar-refractivity contribution in [2.75, 3.05) is 11.6 Å². The van der Waals surface area contributed by atoms with Gasteiger partial charge in [-0.1, -0.05) is 0 Å². The maximum atomic E-state index is 11.7. The van der Waals surface area contributed by atoms with Crippen LogP contribution >= 0.6 is 0 Å². The molecule has 0 aliphatic carbocycles. The Labute approximate surface area is 150 Å². The first-order valence-corrected chi connectivity index (χ1v) is 9.24. The number of aryl methyl sites for hydroxylation is 2. The van der Waals surface area contributed by atoms with Crippen molar-refractivity contribution in [3.05, 3.63) is 41.5 Å². The number of aliphatic carboxylic acids is 1. The van der Waals surface area contributed by atoms with Crippen LogP contribution < -0.4 is 10.1 Å². The summed E-state index contributed by atoms with van der Waals surface area (Å²) in [6.07, 6.45) is 0.974. The number of benzene rings is 2. The van der Waals surface area contributed by atoms with Gasteiger partial charge in [0.05, 0.1) is 0 Å². The van der Waals surface area contributed by atoms with Gasteiger partial charge in [-0.05, 0) is 49.2 Å². The number of ether oxygens (including phenoxy) is 1. The minimum Gasteiger partial charge on any atom is -0.507 e. The van der Waals surface area contributed by atoms with Gasteiger partial charge in [-0.3, -0.25) is 4.79 Å². The second-order valence-electron chi connectivity index (χ2n) is 5.70. The lowest BCUT2D eigenvalue weighted by atomic mass is 10.1. The van der Waals surface area contributed by atoms with Crippen molar-refractivity contribution in [3.8, 4) is 17.2 Å². The Morgan fingerprint density at radius 2 is 1.65 bits per heavy atom. The van der Waals surface area contributed by atoms with Crippen molar-refractivity contribution in [1.29, 1.82) is 0 Å². The molecular formula is C17H17NO7S. The quantitative estimate of drug-likeness (QED) is 0.694. The normalized spacial score (nSPS) is 11.0. The highest BCUT2D eigenvalue weighted by Crippen LogP contribution is 2.34. The number of hydrogen-bond donors (Lipinski definition) is 3. The Morgan fingerprint density at radius 3 is 2.15 bits per heavy atom. The molecular weight excluding hydrogens is 362 g/mol. The minimum absolute atomic E-state index is 0.205. The summed E-state index contributed by atoms with van der Waals surface area (Å²) in [4.78, 5) is 21.6. The van der Waals surface area contributed by atoms with Crippen LogP contribution in [0, 0.1) is 13.8 Å². The summed E-state index contributed by atoms with van der Waals surface area (Å²) in [6.45, 7) is 3.38. The zero-order valence-electron chi connectivity index (χ0n) is 14.2. The molecule has 0 unspecified atom stereocenters. The second kappa shape index (κ2) is 7.04. The molecule has 2 rings (SSSR count). The number of anilines is 1. The molecule has 1 amide bonds. The molecule has 0 spiro atoms. The lowest BCUT2D eigenvalue weighted by molar-refractivity contribution is -0.147. The summed E-state index contributed by atoms with van der Waals surface area (Å²) >= 11 is 0. The van der Waals surface area contributed by atoms with Crippen LogP contribution in [0.5, 0.6) is 17.2 Å². The van der Waals surface area contributed by atoms with E-state index < -0.39 is 21.7 Å². The molecule has 0 aliphatic heterocycles. The molecule has 0 saturated heterocycles. The molecule has 0 saturated carbocycles. The summed E-state index contributed by atoms with van der Waals surface area (Å²) in [5.74, 6) is -2.51. The van der Waals surface area contributed by atoms with Crippen molar-refractivity contribution in [2.24, 2.45) is 0 Å². The third kappa shape index (κ3) is 4.31. The lowest BCUT2D eigenvalue weighted by Crippen LogP contribution is -2.21. The molecule has 8 nitrogen and oxygen atoms in total. The molecule has 0 radical (unpaired) electrons. The minimum atomic E-state index is -3.63. The third-order valence-electron chi connectivity index (χ3n) is 3.46. The fraction of sp³-hybridized carbons (Fsp3) is 0.176. The molecule has 26 heavy (non-hydrogen) atoms. The molecule has 0 fully saturated rings. The smallest absolute Gasteiger partial charge is 0.394 e. The van der Waals surface area contributed by atoms with Gasteiger partial charge in [0.15, 0.2) is 9.84 Å². The molecule has 2 aromatic rings. The van der Waals surface area contributed by atoms with Crippen molar-refractivity contribution in [2.45, 2.75) is 18.7 Å². The van der Waals surface area contributed by atoms with E-state index in [2.05, 4.69) is 5.32 Å². The molecule has 0 heterocycles. The highest BCUT2D eigenvalue weighted by Gasteiger charge is 2.17. The molecule has 138 valence electrons. The molecule has 0 bridgehead atoms. The maximum Gasteiger partial charge on any atom is 0.394 e. The summed E-state index contributed by atoms with van der Waals surface area (Å²) in [6, 6.07) is 6.91. The number of hydrogen-bond acceptors (Lipinski definition) is 6. The number of nitrogens with one attached hydrogen (secondary N) is 1. The molecule has 2 aromatic carbocycles. The fourth-order valence-corrected chi connectivity index (χ4v) is 3.12. The van der Waals surface area contributed by atoms with E-state index in [0.29, 0.717) is 22.6 Å². The molecule has 9 heteroatoms. The number of phenols is 1. The second-order valence-corrected chi connectivity index (χ2v) is 7.69. The Balaban J connectivity index is 2.36. The van der Waals surface area contributed by atoms with Crippen LogP contribution in [0.15, 0.2) is 35.2 Å². The van der Waals surface area contributed by atoms with E-state index in [0.717, 1.165) is 6.26 Å². The summed E-state index contributed by atoms with van der Waals surface area (Å²) in [5, 5.41) is 20.6. The first-order chi connectivity index (χ1) is 12.0. The van der Waals surface area contributed by atoms with Crippen LogP contribution in [0.4, 0.5) is 5.69 Å². The van der Waals surface area contributed by atoms with Gasteiger partial charge in [0.2, 0.25) is 0 Å². The van der Waals surface area contributed by atoms with Crippen molar-refractivity contribution in [3.63, 3.8) is 0 Å². The van der Waals surface area contributed by atoms with E-state index in [-0.39, 0.29) is 16.4 Å². The van der Waals surface area contributed by atoms with Gasteiger partial charge in [-0.15, -0.1) is 0 Å². The SMILES string of the molecule is Cc1cc(NC(=O)C(=O)O)cc(C)c1Oc1ccc(O)c(S(C)(=O)=O)c1. The third-order valence-corrected chi connectivity index (χ3v) is 4.59. The lowest BCUT2D eigenvalue weighted by Gasteiger charge is -2.15. The largest absolute Gasteiger partial charge is 0.507 e.